The van der Waals surface area contributed by atoms with Crippen LogP contribution in [0.15, 0.2) is 18.2 Å². The maximum Gasteiger partial charge on any atom is 0.337 e. The molecule has 1 atom stereocenters. The van der Waals surface area contributed by atoms with Crippen molar-refractivity contribution >= 4 is 23.5 Å². The quantitative estimate of drug-likeness (QED) is 0.791. The van der Waals surface area contributed by atoms with Gasteiger partial charge in [-0.05, 0) is 24.1 Å². The molecule has 0 radical (unpaired) electrons. The Bertz CT molecular complexity index is 549. The van der Waals surface area contributed by atoms with Crippen molar-refractivity contribution in [3.63, 3.8) is 0 Å². The highest BCUT2D eigenvalue weighted by atomic mass is 16.5. The third-order valence-electron chi connectivity index (χ3n) is 3.06. The minimum atomic E-state index is -0.705. The van der Waals surface area contributed by atoms with Gasteiger partial charge in [0.2, 0.25) is 5.91 Å². The van der Waals surface area contributed by atoms with Crippen LogP contribution in [0.25, 0.3) is 0 Å². The van der Waals surface area contributed by atoms with Gasteiger partial charge in [0.1, 0.15) is 0 Å². The molecule has 7 nitrogen and oxygen atoms in total. The van der Waals surface area contributed by atoms with Gasteiger partial charge in [-0.3, -0.25) is 4.79 Å². The number of rotatable bonds is 5. The predicted molar refractivity (Wildman–Crippen MR) is 80.6 cm³/mol. The summed E-state index contributed by atoms with van der Waals surface area (Å²) in [7, 11) is 2.44. The Kier molecular flexibility index (Phi) is 6.06. The molecule has 7 heteroatoms. The largest absolute Gasteiger partial charge is 0.465 e. The van der Waals surface area contributed by atoms with Crippen LogP contribution in [0.1, 0.15) is 34.6 Å². The molecule has 0 unspecified atom stereocenters. The average molecular weight is 308 g/mol. The fourth-order valence-electron chi connectivity index (χ4n) is 1.70. The van der Waals surface area contributed by atoms with Crippen LogP contribution in [0, 0.1) is 5.92 Å². The van der Waals surface area contributed by atoms with E-state index >= 15 is 0 Å². The number of amides is 1. The first-order valence-electron chi connectivity index (χ1n) is 6.68. The van der Waals surface area contributed by atoms with Gasteiger partial charge in [-0.15, -0.1) is 0 Å². The lowest BCUT2D eigenvalue weighted by Crippen LogP contribution is -2.39. The lowest BCUT2D eigenvalue weighted by Gasteiger charge is -2.16. The minimum absolute atomic E-state index is 0.0520. The second-order valence-electron chi connectivity index (χ2n) is 5.04. The van der Waals surface area contributed by atoms with Gasteiger partial charge in [0.15, 0.2) is 0 Å². The van der Waals surface area contributed by atoms with Crippen molar-refractivity contribution in [1.29, 1.82) is 0 Å². The average Bonchev–Trinajstić information content (AvgIpc) is 2.51. The molecule has 0 aliphatic heterocycles. The molecule has 0 heterocycles. The summed E-state index contributed by atoms with van der Waals surface area (Å²) < 4.78 is 9.24. The Morgan fingerprint density at radius 3 is 1.82 bits per heavy atom. The fourth-order valence-corrected chi connectivity index (χ4v) is 1.70. The van der Waals surface area contributed by atoms with E-state index in [-0.39, 0.29) is 22.7 Å². The molecule has 0 aliphatic carbocycles. The number of hydrogen-bond acceptors (Lipinski definition) is 6. The van der Waals surface area contributed by atoms with Gasteiger partial charge in [0, 0.05) is 5.69 Å². The van der Waals surface area contributed by atoms with E-state index in [1.807, 2.05) is 13.8 Å². The first-order valence-corrected chi connectivity index (χ1v) is 6.68. The van der Waals surface area contributed by atoms with E-state index in [4.69, 9.17) is 5.73 Å². The van der Waals surface area contributed by atoms with Crippen molar-refractivity contribution in [3.05, 3.63) is 29.3 Å². The molecule has 0 fully saturated rings. The number of methoxy groups -OCH3 is 2. The molecule has 0 aromatic heterocycles. The first kappa shape index (κ1) is 17.6. The summed E-state index contributed by atoms with van der Waals surface area (Å²) in [5.41, 5.74) is 6.28. The molecule has 1 rings (SSSR count). The summed E-state index contributed by atoms with van der Waals surface area (Å²) in [6.45, 7) is 3.63. The van der Waals surface area contributed by atoms with Crippen molar-refractivity contribution in [1.82, 2.24) is 0 Å². The Hall–Kier alpha value is -2.41. The standard InChI is InChI=1S/C15H20N2O5/c1-8(2)12(16)13(18)17-11-6-9(14(19)21-3)5-10(7-11)15(20)22-4/h5-8,12H,16H2,1-4H3,(H,17,18)/t12-/m1/s1. The number of carbonyl (C=O) groups excluding carboxylic acids is 3. The third-order valence-corrected chi connectivity index (χ3v) is 3.06. The maximum absolute atomic E-state index is 12.0. The molecule has 3 N–H and O–H groups in total. The Morgan fingerprint density at radius 1 is 1.00 bits per heavy atom. The van der Waals surface area contributed by atoms with Crippen LogP contribution in [0.4, 0.5) is 5.69 Å². The highest BCUT2D eigenvalue weighted by molar-refractivity contribution is 6.00. The van der Waals surface area contributed by atoms with Crippen LogP contribution in [0.5, 0.6) is 0 Å². The monoisotopic (exact) mass is 308 g/mol. The van der Waals surface area contributed by atoms with E-state index in [1.54, 1.807) is 0 Å². The summed E-state index contributed by atoms with van der Waals surface area (Å²) in [4.78, 5) is 35.3. The summed E-state index contributed by atoms with van der Waals surface area (Å²) in [5.74, 6) is -1.72. The molecule has 1 aromatic rings. The maximum atomic E-state index is 12.0. The SMILES string of the molecule is COC(=O)c1cc(NC(=O)[C@H](N)C(C)C)cc(C(=O)OC)c1. The second-order valence-corrected chi connectivity index (χ2v) is 5.04. The number of nitrogens with two attached hydrogens (primary N) is 1. The van der Waals surface area contributed by atoms with Crippen LogP contribution in [0.3, 0.4) is 0 Å². The van der Waals surface area contributed by atoms with Gasteiger partial charge < -0.3 is 20.5 Å². The lowest BCUT2D eigenvalue weighted by molar-refractivity contribution is -0.118. The van der Waals surface area contributed by atoms with E-state index < -0.39 is 23.9 Å². The van der Waals surface area contributed by atoms with Crippen molar-refractivity contribution in [3.8, 4) is 0 Å². The van der Waals surface area contributed by atoms with Crippen LogP contribution in [-0.4, -0.2) is 38.1 Å². The molecular weight excluding hydrogens is 288 g/mol. The van der Waals surface area contributed by atoms with Gasteiger partial charge in [-0.25, -0.2) is 9.59 Å². The third kappa shape index (κ3) is 4.29. The minimum Gasteiger partial charge on any atom is -0.465 e. The number of nitrogens with one attached hydrogen (secondary N) is 1. The van der Waals surface area contributed by atoms with Gasteiger partial charge in [-0.2, -0.15) is 0 Å². The number of carbonyl (C=O) groups is 3. The van der Waals surface area contributed by atoms with Gasteiger partial charge in [0.25, 0.3) is 0 Å². The molecule has 0 bridgehead atoms. The Balaban J connectivity index is 3.15. The normalized spacial score (nSPS) is 11.7. The zero-order valence-electron chi connectivity index (χ0n) is 13.0. The van der Waals surface area contributed by atoms with Gasteiger partial charge in [0.05, 0.1) is 31.4 Å². The number of ether oxygens (including phenoxy) is 2. The smallest absolute Gasteiger partial charge is 0.337 e. The number of anilines is 1. The zero-order valence-corrected chi connectivity index (χ0v) is 13.0. The summed E-state index contributed by atoms with van der Waals surface area (Å²) >= 11 is 0. The van der Waals surface area contributed by atoms with Crippen LogP contribution in [0.2, 0.25) is 0 Å². The van der Waals surface area contributed by atoms with E-state index in [9.17, 15) is 14.4 Å². The molecule has 0 spiro atoms. The summed E-state index contributed by atoms with van der Waals surface area (Å²) in [6, 6.07) is 3.44. The van der Waals surface area contributed by atoms with E-state index in [0.717, 1.165) is 0 Å². The second kappa shape index (κ2) is 7.56. The van der Waals surface area contributed by atoms with Gasteiger partial charge >= 0.3 is 11.9 Å². The molecule has 120 valence electrons. The van der Waals surface area contributed by atoms with Crippen molar-refractivity contribution in [2.75, 3.05) is 19.5 Å². The van der Waals surface area contributed by atoms with Crippen LogP contribution < -0.4 is 11.1 Å². The highest BCUT2D eigenvalue weighted by Crippen LogP contribution is 2.17. The summed E-state index contributed by atoms with van der Waals surface area (Å²) in [5, 5.41) is 2.58. The van der Waals surface area contributed by atoms with Crippen molar-refractivity contribution in [2.45, 2.75) is 19.9 Å². The Labute approximate surface area is 128 Å². The Morgan fingerprint density at radius 2 is 1.45 bits per heavy atom. The van der Waals surface area contributed by atoms with Crippen molar-refractivity contribution in [2.24, 2.45) is 11.7 Å². The van der Waals surface area contributed by atoms with E-state index in [0.29, 0.717) is 0 Å². The first-order chi connectivity index (χ1) is 10.3. The molecule has 1 amide bonds. The number of hydrogen-bond donors (Lipinski definition) is 2. The molecular formula is C15H20N2O5. The highest BCUT2D eigenvalue weighted by Gasteiger charge is 2.19. The molecule has 22 heavy (non-hydrogen) atoms. The van der Waals surface area contributed by atoms with E-state index in [1.165, 1.54) is 32.4 Å². The van der Waals surface area contributed by atoms with Crippen molar-refractivity contribution < 1.29 is 23.9 Å². The fraction of sp³-hybridized carbons (Fsp3) is 0.400. The zero-order chi connectivity index (χ0) is 16.9. The molecule has 1 aromatic carbocycles. The summed E-state index contributed by atoms with van der Waals surface area (Å²) in [6.07, 6.45) is 0. The number of benzene rings is 1. The lowest BCUT2D eigenvalue weighted by atomic mass is 10.0. The molecule has 0 aliphatic rings. The van der Waals surface area contributed by atoms with Crippen LogP contribution in [-0.2, 0) is 14.3 Å². The van der Waals surface area contributed by atoms with Gasteiger partial charge in [-0.1, -0.05) is 13.8 Å². The predicted octanol–water partition coefficient (Wildman–Crippen LogP) is 1.18. The topological polar surface area (TPSA) is 108 Å². The van der Waals surface area contributed by atoms with E-state index in [2.05, 4.69) is 14.8 Å². The molecule has 0 saturated heterocycles. The van der Waals surface area contributed by atoms with Crippen LogP contribution >= 0.6 is 0 Å². The molecule has 0 saturated carbocycles. The number of esters is 2.